The van der Waals surface area contributed by atoms with Crippen LogP contribution in [0.25, 0.3) is 6.08 Å². The van der Waals surface area contributed by atoms with E-state index in [2.05, 4.69) is 15.5 Å². The summed E-state index contributed by atoms with van der Waals surface area (Å²) >= 11 is 0.754. The lowest BCUT2D eigenvalue weighted by molar-refractivity contribution is -0.127. The summed E-state index contributed by atoms with van der Waals surface area (Å²) in [5, 5.41) is 4.97. The fraction of sp³-hybridized carbons (Fsp3) is 0.250. The molecule has 0 aromatic heterocycles. The predicted octanol–water partition coefficient (Wildman–Crippen LogP) is 4.53. The van der Waals surface area contributed by atoms with Crippen molar-refractivity contribution in [1.29, 1.82) is 0 Å². The Balaban J connectivity index is 1.16. The number of rotatable bonds is 10. The monoisotopic (exact) mass is 616 g/mol. The van der Waals surface area contributed by atoms with Gasteiger partial charge in [-0.15, -0.1) is 0 Å². The number of nitrogens with one attached hydrogen (secondary N) is 2. The molecule has 0 saturated carbocycles. The highest BCUT2D eigenvalue weighted by Crippen LogP contribution is 2.34. The number of anilines is 3. The zero-order valence-electron chi connectivity index (χ0n) is 24.3. The average Bonchev–Trinajstić information content (AvgIpc) is 3.29. The molecule has 3 aromatic carbocycles. The van der Waals surface area contributed by atoms with Crippen LogP contribution in [-0.2, 0) is 19.1 Å². The van der Waals surface area contributed by atoms with Gasteiger partial charge in [0.25, 0.3) is 17.1 Å². The number of methoxy groups -OCH3 is 1. The number of carbonyl (C=O) groups is 4. The zero-order chi connectivity index (χ0) is 31.1. The van der Waals surface area contributed by atoms with E-state index in [0.717, 1.165) is 41.0 Å². The second-order valence-corrected chi connectivity index (χ2v) is 11.1. The van der Waals surface area contributed by atoms with E-state index in [0.29, 0.717) is 41.7 Å². The summed E-state index contributed by atoms with van der Waals surface area (Å²) in [5.41, 5.74) is 3.92. The highest BCUT2D eigenvalue weighted by molar-refractivity contribution is 8.18. The summed E-state index contributed by atoms with van der Waals surface area (Å²) in [5.74, 6) is -0.693. The zero-order valence-corrected chi connectivity index (χ0v) is 25.1. The van der Waals surface area contributed by atoms with Gasteiger partial charge in [-0.1, -0.05) is 23.8 Å². The first-order valence-corrected chi connectivity index (χ1v) is 14.8. The lowest BCUT2D eigenvalue weighted by Crippen LogP contribution is -2.36. The van der Waals surface area contributed by atoms with Gasteiger partial charge in [0.05, 0.1) is 25.2 Å². The van der Waals surface area contributed by atoms with Crippen LogP contribution < -0.4 is 25.0 Å². The number of hydrogen-bond acceptors (Lipinski definition) is 9. The van der Waals surface area contributed by atoms with Gasteiger partial charge in [-0.25, -0.2) is 0 Å². The minimum Gasteiger partial charge on any atom is -0.493 e. The summed E-state index contributed by atoms with van der Waals surface area (Å²) < 4.78 is 16.5. The summed E-state index contributed by atoms with van der Waals surface area (Å²) in [4.78, 5) is 53.9. The molecule has 12 heteroatoms. The van der Waals surface area contributed by atoms with E-state index in [1.54, 1.807) is 36.4 Å². The number of benzene rings is 3. The maximum absolute atomic E-state index is 13.0. The molecule has 0 unspecified atom stereocenters. The van der Waals surface area contributed by atoms with Gasteiger partial charge in [0.2, 0.25) is 5.91 Å². The van der Waals surface area contributed by atoms with Crippen molar-refractivity contribution in [2.24, 2.45) is 0 Å². The van der Waals surface area contributed by atoms with Crippen molar-refractivity contribution < 1.29 is 33.4 Å². The topological polar surface area (TPSA) is 127 Å². The molecule has 5 rings (SSSR count). The standard InChI is InChI=1S/C32H32N4O7S/c1-21-3-6-23(7-4-21)34-30(38)20-43-26-12-5-22(17-27(26)41-2)18-28-31(39)36(32(40)44-28)19-29(37)33-24-8-10-25(11-9-24)35-13-15-42-16-14-35/h3-12,17-18H,13-16,19-20H2,1-2H3,(H,33,37)(H,34,38)/b28-18+. The van der Waals surface area contributed by atoms with Crippen LogP contribution in [-0.4, -0.2) is 74.4 Å². The number of morpholine rings is 1. The highest BCUT2D eigenvalue weighted by Gasteiger charge is 2.36. The summed E-state index contributed by atoms with van der Waals surface area (Å²) in [6, 6.07) is 19.7. The molecular weight excluding hydrogens is 584 g/mol. The lowest BCUT2D eigenvalue weighted by Gasteiger charge is -2.28. The number of aryl methyl sites for hydroxylation is 1. The SMILES string of the molecule is COc1cc(/C=C2/SC(=O)N(CC(=O)Nc3ccc(N4CCOCC4)cc3)C2=O)ccc1OCC(=O)Nc1ccc(C)cc1. The first-order valence-electron chi connectivity index (χ1n) is 13.9. The fourth-order valence-electron chi connectivity index (χ4n) is 4.58. The number of thioether (sulfide) groups is 1. The number of carbonyl (C=O) groups excluding carboxylic acids is 4. The molecule has 228 valence electrons. The largest absolute Gasteiger partial charge is 0.493 e. The molecule has 0 radical (unpaired) electrons. The molecular formula is C32H32N4O7S. The molecule has 4 amide bonds. The molecule has 2 heterocycles. The molecule has 44 heavy (non-hydrogen) atoms. The van der Waals surface area contributed by atoms with E-state index < -0.39 is 23.6 Å². The minimum atomic E-state index is -0.565. The van der Waals surface area contributed by atoms with E-state index in [-0.39, 0.29) is 17.4 Å². The first kappa shape index (κ1) is 30.6. The molecule has 0 aliphatic carbocycles. The third kappa shape index (κ3) is 7.77. The summed E-state index contributed by atoms with van der Waals surface area (Å²) in [6.45, 7) is 4.27. The van der Waals surface area contributed by atoms with Crippen molar-refractivity contribution in [1.82, 2.24) is 4.90 Å². The Bertz CT molecular complexity index is 1570. The number of nitrogens with zero attached hydrogens (tertiary/aromatic N) is 2. The quantitative estimate of drug-likeness (QED) is 0.316. The predicted molar refractivity (Wildman–Crippen MR) is 169 cm³/mol. The lowest BCUT2D eigenvalue weighted by atomic mass is 10.2. The van der Waals surface area contributed by atoms with Gasteiger partial charge < -0.3 is 29.7 Å². The van der Waals surface area contributed by atoms with Crippen molar-refractivity contribution in [3.63, 3.8) is 0 Å². The van der Waals surface area contributed by atoms with Crippen molar-refractivity contribution in [2.75, 3.05) is 62.1 Å². The number of ether oxygens (including phenoxy) is 3. The molecule has 0 spiro atoms. The Hall–Kier alpha value is -4.81. The third-order valence-corrected chi connectivity index (χ3v) is 7.79. The van der Waals surface area contributed by atoms with Gasteiger partial charge >= 0.3 is 0 Å². The molecule has 2 aliphatic heterocycles. The Labute approximate surface area is 259 Å². The van der Waals surface area contributed by atoms with Crippen LogP contribution in [0.5, 0.6) is 11.5 Å². The van der Waals surface area contributed by atoms with Crippen molar-refractivity contribution in [3.8, 4) is 11.5 Å². The second kappa shape index (κ2) is 14.1. The van der Waals surface area contributed by atoms with Gasteiger partial charge in [-0.05, 0) is 78.9 Å². The van der Waals surface area contributed by atoms with Gasteiger partial charge in [0.1, 0.15) is 6.54 Å². The van der Waals surface area contributed by atoms with Gasteiger partial charge in [0.15, 0.2) is 18.1 Å². The Morgan fingerprint density at radius 1 is 0.909 bits per heavy atom. The van der Waals surface area contributed by atoms with E-state index in [9.17, 15) is 19.2 Å². The Morgan fingerprint density at radius 2 is 1.57 bits per heavy atom. The maximum Gasteiger partial charge on any atom is 0.294 e. The van der Waals surface area contributed by atoms with Crippen LogP contribution in [0.3, 0.4) is 0 Å². The number of imide groups is 1. The van der Waals surface area contributed by atoms with Crippen LogP contribution in [0.4, 0.5) is 21.9 Å². The average molecular weight is 617 g/mol. The van der Waals surface area contributed by atoms with E-state index in [1.807, 2.05) is 43.3 Å². The molecule has 11 nitrogen and oxygen atoms in total. The van der Waals surface area contributed by atoms with Crippen LogP contribution in [0.15, 0.2) is 71.6 Å². The normalized spacial score (nSPS) is 15.8. The molecule has 2 fully saturated rings. The number of amides is 4. The third-order valence-electron chi connectivity index (χ3n) is 6.88. The van der Waals surface area contributed by atoms with Gasteiger partial charge in [-0.2, -0.15) is 0 Å². The van der Waals surface area contributed by atoms with Gasteiger partial charge in [-0.3, -0.25) is 24.1 Å². The van der Waals surface area contributed by atoms with Crippen molar-refractivity contribution in [3.05, 3.63) is 82.8 Å². The minimum absolute atomic E-state index is 0.172. The molecule has 2 N–H and O–H groups in total. The Morgan fingerprint density at radius 3 is 2.25 bits per heavy atom. The summed E-state index contributed by atoms with van der Waals surface area (Å²) in [6.07, 6.45) is 1.55. The second-order valence-electron chi connectivity index (χ2n) is 10.1. The molecule has 0 bridgehead atoms. The molecule has 2 aliphatic rings. The summed E-state index contributed by atoms with van der Waals surface area (Å²) in [7, 11) is 1.46. The maximum atomic E-state index is 13.0. The smallest absolute Gasteiger partial charge is 0.294 e. The van der Waals surface area contributed by atoms with Crippen LogP contribution in [0.1, 0.15) is 11.1 Å². The molecule has 2 saturated heterocycles. The highest BCUT2D eigenvalue weighted by atomic mass is 32.2. The number of hydrogen-bond donors (Lipinski definition) is 2. The van der Waals surface area contributed by atoms with Crippen LogP contribution >= 0.6 is 11.8 Å². The molecule has 3 aromatic rings. The van der Waals surface area contributed by atoms with Crippen molar-refractivity contribution in [2.45, 2.75) is 6.92 Å². The van der Waals surface area contributed by atoms with Crippen molar-refractivity contribution >= 4 is 57.9 Å². The van der Waals surface area contributed by atoms with E-state index in [4.69, 9.17) is 14.2 Å². The van der Waals surface area contributed by atoms with Crippen LogP contribution in [0, 0.1) is 6.92 Å². The van der Waals surface area contributed by atoms with Crippen LogP contribution in [0.2, 0.25) is 0 Å². The first-order chi connectivity index (χ1) is 21.3. The Kier molecular flexibility index (Phi) is 9.82. The molecule has 0 atom stereocenters. The van der Waals surface area contributed by atoms with E-state index >= 15 is 0 Å². The van der Waals surface area contributed by atoms with E-state index in [1.165, 1.54) is 7.11 Å². The fourth-order valence-corrected chi connectivity index (χ4v) is 5.42. The van der Waals surface area contributed by atoms with Gasteiger partial charge in [0, 0.05) is 30.2 Å².